The quantitative estimate of drug-likeness (QED) is 0.807. The topological polar surface area (TPSA) is 40.5 Å². The number of nitrogens with zero attached hydrogens (tertiary/aromatic N) is 1. The van der Waals surface area contributed by atoms with Crippen LogP contribution in [-0.2, 0) is 4.79 Å². The van der Waals surface area contributed by atoms with Gasteiger partial charge in [-0.3, -0.25) is 9.69 Å². The molecule has 1 aromatic rings. The molecule has 2 atom stereocenters. The van der Waals surface area contributed by atoms with E-state index in [0.717, 1.165) is 13.1 Å². The third-order valence-electron chi connectivity index (χ3n) is 3.57. The number of carboxylic acid groups (broad SMARTS) is 1. The normalized spacial score (nSPS) is 14.4. The zero-order chi connectivity index (χ0) is 13.5. The maximum Gasteiger partial charge on any atom is 0.304 e. The van der Waals surface area contributed by atoms with E-state index >= 15 is 0 Å². The summed E-state index contributed by atoms with van der Waals surface area (Å²) in [6, 6.07) is 10.2. The van der Waals surface area contributed by atoms with Gasteiger partial charge in [0.25, 0.3) is 0 Å². The van der Waals surface area contributed by atoms with Crippen molar-refractivity contribution in [1.82, 2.24) is 4.90 Å². The highest BCUT2D eigenvalue weighted by atomic mass is 16.4. The zero-order valence-electron chi connectivity index (χ0n) is 11.5. The lowest BCUT2D eigenvalue weighted by Gasteiger charge is -2.33. The van der Waals surface area contributed by atoms with Crippen LogP contribution in [0, 0.1) is 0 Å². The second-order valence-electron chi connectivity index (χ2n) is 4.59. The third kappa shape index (κ3) is 3.84. The Kier molecular flexibility index (Phi) is 5.86. The van der Waals surface area contributed by atoms with Crippen LogP contribution in [-0.4, -0.2) is 35.1 Å². The van der Waals surface area contributed by atoms with Crippen molar-refractivity contribution in [3.05, 3.63) is 35.9 Å². The molecule has 1 aromatic carbocycles. The smallest absolute Gasteiger partial charge is 0.304 e. The number of aliphatic carboxylic acids is 1. The Morgan fingerprint density at radius 2 is 1.78 bits per heavy atom. The molecule has 0 saturated heterocycles. The Morgan fingerprint density at radius 1 is 1.22 bits per heavy atom. The maximum absolute atomic E-state index is 11.1. The Labute approximate surface area is 109 Å². The van der Waals surface area contributed by atoms with Crippen LogP contribution >= 0.6 is 0 Å². The number of hydrogen-bond donors (Lipinski definition) is 1. The highest BCUT2D eigenvalue weighted by Gasteiger charge is 2.26. The van der Waals surface area contributed by atoms with Gasteiger partial charge < -0.3 is 5.11 Å². The number of rotatable bonds is 7. The molecule has 100 valence electrons. The van der Waals surface area contributed by atoms with Gasteiger partial charge in [0.05, 0.1) is 6.42 Å². The van der Waals surface area contributed by atoms with Crippen molar-refractivity contribution in [2.75, 3.05) is 13.1 Å². The number of carbonyl (C=O) groups is 1. The fourth-order valence-electron chi connectivity index (χ4n) is 2.47. The molecule has 18 heavy (non-hydrogen) atoms. The van der Waals surface area contributed by atoms with Crippen LogP contribution in [0.15, 0.2) is 30.3 Å². The SMILES string of the molecule is CCN(CC)C(CC(=O)O)C(C)c1ccccc1. The number of benzene rings is 1. The van der Waals surface area contributed by atoms with Crippen molar-refractivity contribution in [2.24, 2.45) is 0 Å². The van der Waals surface area contributed by atoms with Crippen LogP contribution in [0.5, 0.6) is 0 Å². The fourth-order valence-corrected chi connectivity index (χ4v) is 2.47. The molecule has 0 aliphatic carbocycles. The molecule has 3 nitrogen and oxygen atoms in total. The van der Waals surface area contributed by atoms with Crippen LogP contribution in [0.1, 0.15) is 38.7 Å². The summed E-state index contributed by atoms with van der Waals surface area (Å²) < 4.78 is 0. The lowest BCUT2D eigenvalue weighted by atomic mass is 9.90. The summed E-state index contributed by atoms with van der Waals surface area (Å²) in [5.74, 6) is -0.503. The molecule has 0 saturated carbocycles. The molecule has 0 aromatic heterocycles. The van der Waals surface area contributed by atoms with Gasteiger partial charge in [0.1, 0.15) is 0 Å². The largest absolute Gasteiger partial charge is 0.481 e. The van der Waals surface area contributed by atoms with Crippen molar-refractivity contribution < 1.29 is 9.90 Å². The molecule has 1 rings (SSSR count). The summed E-state index contributed by atoms with van der Waals surface area (Å²) in [7, 11) is 0. The average molecular weight is 249 g/mol. The molecule has 0 aliphatic heterocycles. The van der Waals surface area contributed by atoms with Crippen LogP contribution in [0.4, 0.5) is 0 Å². The van der Waals surface area contributed by atoms with Gasteiger partial charge >= 0.3 is 5.97 Å². The second-order valence-corrected chi connectivity index (χ2v) is 4.59. The fraction of sp³-hybridized carbons (Fsp3) is 0.533. The molecular formula is C15H23NO2. The van der Waals surface area contributed by atoms with Gasteiger partial charge in [-0.25, -0.2) is 0 Å². The molecule has 0 radical (unpaired) electrons. The standard InChI is InChI=1S/C15H23NO2/c1-4-16(5-2)14(11-15(17)18)12(3)13-9-7-6-8-10-13/h6-10,12,14H,4-5,11H2,1-3H3,(H,17,18). The molecular weight excluding hydrogens is 226 g/mol. The van der Waals surface area contributed by atoms with Crippen molar-refractivity contribution in [3.8, 4) is 0 Å². The van der Waals surface area contributed by atoms with Gasteiger partial charge in [0, 0.05) is 6.04 Å². The molecule has 2 unspecified atom stereocenters. The van der Waals surface area contributed by atoms with Gasteiger partial charge in [0.15, 0.2) is 0 Å². The van der Waals surface area contributed by atoms with Gasteiger partial charge in [-0.2, -0.15) is 0 Å². The van der Waals surface area contributed by atoms with E-state index in [2.05, 4.69) is 37.8 Å². The first-order valence-corrected chi connectivity index (χ1v) is 6.60. The van der Waals surface area contributed by atoms with Crippen LogP contribution in [0.25, 0.3) is 0 Å². The molecule has 0 fully saturated rings. The van der Waals surface area contributed by atoms with Crippen LogP contribution < -0.4 is 0 Å². The Bertz CT molecular complexity index is 360. The Balaban J connectivity index is 2.91. The molecule has 1 N–H and O–H groups in total. The minimum Gasteiger partial charge on any atom is -0.481 e. The summed E-state index contributed by atoms with van der Waals surface area (Å²) in [6.45, 7) is 8.03. The van der Waals surface area contributed by atoms with E-state index in [0.29, 0.717) is 0 Å². The van der Waals surface area contributed by atoms with E-state index in [1.54, 1.807) is 0 Å². The van der Waals surface area contributed by atoms with E-state index in [1.807, 2.05) is 18.2 Å². The number of hydrogen-bond acceptors (Lipinski definition) is 2. The summed E-state index contributed by atoms with van der Waals surface area (Å²) in [5.41, 5.74) is 1.20. The Hall–Kier alpha value is -1.35. The first-order chi connectivity index (χ1) is 8.60. The van der Waals surface area contributed by atoms with Crippen LogP contribution in [0.3, 0.4) is 0 Å². The van der Waals surface area contributed by atoms with Gasteiger partial charge in [0.2, 0.25) is 0 Å². The average Bonchev–Trinajstić information content (AvgIpc) is 2.38. The van der Waals surface area contributed by atoms with E-state index in [4.69, 9.17) is 5.11 Å². The van der Waals surface area contributed by atoms with E-state index in [1.165, 1.54) is 5.56 Å². The van der Waals surface area contributed by atoms with Crippen molar-refractivity contribution >= 4 is 5.97 Å². The molecule has 3 heteroatoms. The summed E-state index contributed by atoms with van der Waals surface area (Å²) in [4.78, 5) is 13.3. The Morgan fingerprint density at radius 3 is 2.22 bits per heavy atom. The third-order valence-corrected chi connectivity index (χ3v) is 3.57. The zero-order valence-corrected chi connectivity index (χ0v) is 11.5. The maximum atomic E-state index is 11.1. The molecule has 0 heterocycles. The second kappa shape index (κ2) is 7.17. The van der Waals surface area contributed by atoms with Gasteiger partial charge in [-0.05, 0) is 24.6 Å². The monoisotopic (exact) mass is 249 g/mol. The summed E-state index contributed by atoms with van der Waals surface area (Å²) >= 11 is 0. The predicted octanol–water partition coefficient (Wildman–Crippen LogP) is 2.98. The van der Waals surface area contributed by atoms with Crippen molar-refractivity contribution in [1.29, 1.82) is 0 Å². The number of carboxylic acids is 1. The highest BCUT2D eigenvalue weighted by Crippen LogP contribution is 2.25. The van der Waals surface area contributed by atoms with E-state index < -0.39 is 5.97 Å². The number of likely N-dealkylation sites (N-methyl/N-ethyl adjacent to an activating group) is 1. The van der Waals surface area contributed by atoms with E-state index in [-0.39, 0.29) is 18.4 Å². The minimum atomic E-state index is -0.727. The highest BCUT2D eigenvalue weighted by molar-refractivity contribution is 5.67. The van der Waals surface area contributed by atoms with Crippen molar-refractivity contribution in [3.63, 3.8) is 0 Å². The first kappa shape index (κ1) is 14.7. The molecule has 0 spiro atoms. The summed E-state index contributed by atoms with van der Waals surface area (Å²) in [5, 5.41) is 9.09. The lowest BCUT2D eigenvalue weighted by molar-refractivity contribution is -0.138. The van der Waals surface area contributed by atoms with E-state index in [9.17, 15) is 4.79 Å². The van der Waals surface area contributed by atoms with Gasteiger partial charge in [-0.15, -0.1) is 0 Å². The first-order valence-electron chi connectivity index (χ1n) is 6.60. The van der Waals surface area contributed by atoms with Crippen LogP contribution in [0.2, 0.25) is 0 Å². The lowest BCUT2D eigenvalue weighted by Crippen LogP contribution is -2.40. The molecule has 0 aliphatic rings. The molecule has 0 amide bonds. The molecule has 0 bridgehead atoms. The predicted molar refractivity (Wildman–Crippen MR) is 73.8 cm³/mol. The minimum absolute atomic E-state index is 0.0555. The van der Waals surface area contributed by atoms with Crippen molar-refractivity contribution in [2.45, 2.75) is 39.2 Å². The van der Waals surface area contributed by atoms with Gasteiger partial charge in [-0.1, -0.05) is 51.1 Å². The summed E-state index contributed by atoms with van der Waals surface area (Å²) in [6.07, 6.45) is 0.192.